The molecule has 0 spiro atoms. The van der Waals surface area contributed by atoms with Crippen LogP contribution in [-0.2, 0) is 16.2 Å². The van der Waals surface area contributed by atoms with Gasteiger partial charge in [-0.25, -0.2) is 8.42 Å². The Hall–Kier alpha value is -0.990. The van der Waals surface area contributed by atoms with Crippen LogP contribution < -0.4 is 10.0 Å². The number of sulfonamides is 1. The van der Waals surface area contributed by atoms with Crippen LogP contribution in [0, 0.1) is 0 Å². The first kappa shape index (κ1) is 16.4. The molecule has 21 heavy (non-hydrogen) atoms. The molecule has 4 nitrogen and oxygen atoms in total. The Kier molecular flexibility index (Phi) is 4.69. The van der Waals surface area contributed by atoms with Crippen LogP contribution in [0.4, 0.5) is 18.9 Å². The van der Waals surface area contributed by atoms with Gasteiger partial charge in [-0.05, 0) is 38.1 Å². The maximum atomic E-state index is 12.9. The van der Waals surface area contributed by atoms with E-state index < -0.39 is 32.7 Å². The molecule has 1 aromatic carbocycles. The summed E-state index contributed by atoms with van der Waals surface area (Å²) >= 11 is 5.74. The molecule has 0 aliphatic carbocycles. The lowest BCUT2D eigenvalue weighted by molar-refractivity contribution is -0.136. The minimum Gasteiger partial charge on any atom is -0.317 e. The van der Waals surface area contributed by atoms with E-state index in [1.807, 2.05) is 4.72 Å². The van der Waals surface area contributed by atoms with Gasteiger partial charge in [0.1, 0.15) is 0 Å². The molecule has 118 valence electrons. The number of piperidine rings is 1. The lowest BCUT2D eigenvalue weighted by Gasteiger charge is -2.24. The van der Waals surface area contributed by atoms with Crippen LogP contribution in [0.1, 0.15) is 18.4 Å². The van der Waals surface area contributed by atoms with Crippen molar-refractivity contribution in [1.82, 2.24) is 5.32 Å². The van der Waals surface area contributed by atoms with Crippen LogP contribution in [0.3, 0.4) is 0 Å². The molecule has 1 heterocycles. The number of alkyl halides is 3. The minimum atomic E-state index is -4.68. The highest BCUT2D eigenvalue weighted by atomic mass is 35.5. The van der Waals surface area contributed by atoms with Gasteiger partial charge in [-0.15, -0.1) is 0 Å². The summed E-state index contributed by atoms with van der Waals surface area (Å²) < 4.78 is 65.3. The molecule has 0 radical (unpaired) electrons. The molecule has 1 fully saturated rings. The average molecular weight is 343 g/mol. The van der Waals surface area contributed by atoms with Crippen molar-refractivity contribution < 1.29 is 21.6 Å². The van der Waals surface area contributed by atoms with E-state index in [0.29, 0.717) is 25.9 Å². The summed E-state index contributed by atoms with van der Waals surface area (Å²) in [5.74, 6) is 0. The Morgan fingerprint density at radius 3 is 2.43 bits per heavy atom. The predicted octanol–water partition coefficient (Wildman–Crippen LogP) is 2.85. The summed E-state index contributed by atoms with van der Waals surface area (Å²) in [5.41, 5.74) is -1.70. The number of benzene rings is 1. The van der Waals surface area contributed by atoms with Gasteiger partial charge >= 0.3 is 6.18 Å². The number of rotatable bonds is 3. The first-order valence-electron chi connectivity index (χ1n) is 6.30. The lowest BCUT2D eigenvalue weighted by atomic mass is 10.2. The Morgan fingerprint density at radius 2 is 1.86 bits per heavy atom. The third-order valence-electron chi connectivity index (χ3n) is 3.29. The molecule has 1 aliphatic heterocycles. The summed E-state index contributed by atoms with van der Waals surface area (Å²) in [5, 5.41) is 2.00. The Labute approximate surface area is 125 Å². The smallest absolute Gasteiger partial charge is 0.317 e. The highest BCUT2D eigenvalue weighted by Gasteiger charge is 2.36. The molecule has 0 aromatic heterocycles. The van der Waals surface area contributed by atoms with Crippen molar-refractivity contribution in [2.24, 2.45) is 0 Å². The molecule has 9 heteroatoms. The zero-order chi connectivity index (χ0) is 15.7. The van der Waals surface area contributed by atoms with Crippen molar-refractivity contribution in [2.45, 2.75) is 24.3 Å². The first-order chi connectivity index (χ1) is 9.72. The molecule has 1 aromatic rings. The third-order valence-corrected chi connectivity index (χ3v) is 5.44. The van der Waals surface area contributed by atoms with E-state index in [0.717, 1.165) is 12.1 Å². The van der Waals surface area contributed by atoms with Crippen molar-refractivity contribution >= 4 is 27.3 Å². The zero-order valence-electron chi connectivity index (χ0n) is 10.9. The summed E-state index contributed by atoms with van der Waals surface area (Å²) in [7, 11) is -3.92. The molecule has 2 rings (SSSR count). The van der Waals surface area contributed by atoms with Crippen molar-refractivity contribution in [3.8, 4) is 0 Å². The van der Waals surface area contributed by atoms with E-state index in [2.05, 4.69) is 5.32 Å². The second-order valence-electron chi connectivity index (χ2n) is 4.76. The molecule has 0 amide bonds. The quantitative estimate of drug-likeness (QED) is 0.888. The fourth-order valence-electron chi connectivity index (χ4n) is 2.20. The third kappa shape index (κ3) is 3.81. The summed E-state index contributed by atoms with van der Waals surface area (Å²) in [6, 6.07) is 3.15. The van der Waals surface area contributed by atoms with Crippen LogP contribution in [0.15, 0.2) is 18.2 Å². The highest BCUT2D eigenvalue weighted by Crippen LogP contribution is 2.39. The van der Waals surface area contributed by atoms with Gasteiger partial charge in [0.25, 0.3) is 0 Å². The Bertz CT molecular complexity index is 613. The van der Waals surface area contributed by atoms with E-state index >= 15 is 0 Å². The van der Waals surface area contributed by atoms with E-state index in [9.17, 15) is 21.6 Å². The summed E-state index contributed by atoms with van der Waals surface area (Å²) in [6.07, 6.45) is -3.99. The molecule has 1 aliphatic rings. The van der Waals surface area contributed by atoms with Crippen molar-refractivity contribution in [3.63, 3.8) is 0 Å². The minimum absolute atomic E-state index is 0.276. The SMILES string of the molecule is O=S(=O)(Nc1c(Cl)cccc1C(F)(F)F)C1CCNCC1. The van der Waals surface area contributed by atoms with Gasteiger partial charge in [0.2, 0.25) is 10.0 Å². The van der Waals surface area contributed by atoms with E-state index in [1.54, 1.807) is 0 Å². The number of anilines is 1. The van der Waals surface area contributed by atoms with Gasteiger partial charge in [-0.2, -0.15) is 13.2 Å². The largest absolute Gasteiger partial charge is 0.418 e. The van der Waals surface area contributed by atoms with Gasteiger partial charge in [-0.1, -0.05) is 17.7 Å². The summed E-state index contributed by atoms with van der Waals surface area (Å²) in [6.45, 7) is 1.03. The number of halogens is 4. The summed E-state index contributed by atoms with van der Waals surface area (Å²) in [4.78, 5) is 0. The fraction of sp³-hybridized carbons (Fsp3) is 0.500. The maximum absolute atomic E-state index is 12.9. The van der Waals surface area contributed by atoms with Crippen molar-refractivity contribution in [2.75, 3.05) is 17.8 Å². The topological polar surface area (TPSA) is 58.2 Å². The second kappa shape index (κ2) is 6.02. The normalized spacial score (nSPS) is 17.7. The van der Waals surface area contributed by atoms with E-state index in [1.165, 1.54) is 6.07 Å². The molecule has 0 bridgehead atoms. The van der Waals surface area contributed by atoms with Gasteiger partial charge in [-0.3, -0.25) is 4.72 Å². The fourth-order valence-corrected chi connectivity index (χ4v) is 4.00. The van der Waals surface area contributed by atoms with Crippen LogP contribution in [0.2, 0.25) is 5.02 Å². The number of para-hydroxylation sites is 1. The van der Waals surface area contributed by atoms with Crippen LogP contribution >= 0.6 is 11.6 Å². The van der Waals surface area contributed by atoms with Crippen LogP contribution in [-0.4, -0.2) is 26.8 Å². The monoisotopic (exact) mass is 342 g/mol. The van der Waals surface area contributed by atoms with Crippen LogP contribution in [0.5, 0.6) is 0 Å². The molecule has 0 unspecified atom stereocenters. The zero-order valence-corrected chi connectivity index (χ0v) is 12.4. The number of hydrogen-bond donors (Lipinski definition) is 2. The van der Waals surface area contributed by atoms with Gasteiger partial charge in [0.05, 0.1) is 21.5 Å². The number of hydrogen-bond acceptors (Lipinski definition) is 3. The Morgan fingerprint density at radius 1 is 1.24 bits per heavy atom. The molecular weight excluding hydrogens is 329 g/mol. The Balaban J connectivity index is 2.34. The van der Waals surface area contributed by atoms with E-state index in [4.69, 9.17) is 11.6 Å². The predicted molar refractivity (Wildman–Crippen MR) is 74.9 cm³/mol. The number of nitrogens with one attached hydrogen (secondary N) is 2. The molecule has 0 saturated carbocycles. The lowest BCUT2D eigenvalue weighted by Crippen LogP contribution is -2.38. The first-order valence-corrected chi connectivity index (χ1v) is 8.22. The van der Waals surface area contributed by atoms with Crippen LogP contribution in [0.25, 0.3) is 0 Å². The molecule has 1 saturated heterocycles. The van der Waals surface area contributed by atoms with Gasteiger partial charge in [0.15, 0.2) is 0 Å². The second-order valence-corrected chi connectivity index (χ2v) is 7.12. The molecule has 2 N–H and O–H groups in total. The average Bonchev–Trinajstić information content (AvgIpc) is 2.40. The molecule has 0 atom stereocenters. The highest BCUT2D eigenvalue weighted by molar-refractivity contribution is 7.93. The van der Waals surface area contributed by atoms with E-state index in [-0.39, 0.29) is 5.02 Å². The van der Waals surface area contributed by atoms with Gasteiger partial charge < -0.3 is 5.32 Å². The maximum Gasteiger partial charge on any atom is 0.418 e. The molecular formula is C12H14ClF3N2O2S. The van der Waals surface area contributed by atoms with Crippen molar-refractivity contribution in [3.05, 3.63) is 28.8 Å². The standard InChI is InChI=1S/C12H14ClF3N2O2S/c13-10-3-1-2-9(12(14,15)16)11(10)18-21(19,20)8-4-6-17-7-5-8/h1-3,8,17-18H,4-7H2. The van der Waals surface area contributed by atoms with Gasteiger partial charge in [0, 0.05) is 0 Å². The van der Waals surface area contributed by atoms with Crippen molar-refractivity contribution in [1.29, 1.82) is 0 Å².